The molecule has 1 aromatic carbocycles. The molecule has 1 atom stereocenters. The lowest BCUT2D eigenvalue weighted by Gasteiger charge is -2.34. The van der Waals surface area contributed by atoms with Gasteiger partial charge in [-0.2, -0.15) is 0 Å². The van der Waals surface area contributed by atoms with Crippen molar-refractivity contribution in [3.05, 3.63) is 33.3 Å². The van der Waals surface area contributed by atoms with Crippen molar-refractivity contribution in [2.45, 2.75) is 19.0 Å². The van der Waals surface area contributed by atoms with E-state index in [1.165, 1.54) is 0 Å². The maximum atomic E-state index is 11.7. The number of carboxylic acids is 1. The highest BCUT2D eigenvalue weighted by Gasteiger charge is 2.32. The summed E-state index contributed by atoms with van der Waals surface area (Å²) in [6.45, 7) is 0.799. The molecular weight excluding hydrogens is 382 g/mol. The lowest BCUT2D eigenvalue weighted by Crippen LogP contribution is -2.48. The van der Waals surface area contributed by atoms with Gasteiger partial charge in [0.05, 0.1) is 17.9 Å². The molecule has 1 aliphatic rings. The molecule has 1 aliphatic heterocycles. The second kappa shape index (κ2) is 6.64. The van der Waals surface area contributed by atoms with E-state index < -0.39 is 21.8 Å². The molecule has 116 valence electrons. The second-order valence-electron chi connectivity index (χ2n) is 5.07. The highest BCUT2D eigenvalue weighted by molar-refractivity contribution is 9.10. The molecular formula is C13H15BrClNO4S. The van der Waals surface area contributed by atoms with E-state index >= 15 is 0 Å². The molecule has 21 heavy (non-hydrogen) atoms. The van der Waals surface area contributed by atoms with Crippen LogP contribution in [0, 0.1) is 0 Å². The van der Waals surface area contributed by atoms with Crippen molar-refractivity contribution in [1.82, 2.24) is 4.90 Å². The van der Waals surface area contributed by atoms with E-state index in [1.54, 1.807) is 12.1 Å². The van der Waals surface area contributed by atoms with Gasteiger partial charge in [0.15, 0.2) is 9.84 Å². The Kier molecular flexibility index (Phi) is 5.29. The van der Waals surface area contributed by atoms with Gasteiger partial charge >= 0.3 is 5.97 Å². The summed E-state index contributed by atoms with van der Waals surface area (Å²) >= 11 is 9.40. The third kappa shape index (κ3) is 4.67. The number of hydrogen-bond donors (Lipinski definition) is 1. The van der Waals surface area contributed by atoms with Gasteiger partial charge < -0.3 is 5.11 Å². The van der Waals surface area contributed by atoms with E-state index in [-0.39, 0.29) is 17.9 Å². The number of aliphatic carboxylic acids is 1. The minimum atomic E-state index is -3.16. The molecule has 1 fully saturated rings. The van der Waals surface area contributed by atoms with Crippen molar-refractivity contribution in [1.29, 1.82) is 0 Å². The number of benzene rings is 1. The molecule has 0 radical (unpaired) electrons. The van der Waals surface area contributed by atoms with Gasteiger partial charge in [0.1, 0.15) is 0 Å². The second-order valence-corrected chi connectivity index (χ2v) is 8.59. The number of rotatable bonds is 4. The summed E-state index contributed by atoms with van der Waals surface area (Å²) in [6, 6.07) is 4.87. The third-order valence-electron chi connectivity index (χ3n) is 3.44. The smallest absolute Gasteiger partial charge is 0.304 e. The standard InChI is InChI=1S/C13H15BrClNO4S/c14-12-2-1-10(15)5-9(12)7-16-3-4-21(19,20)8-11(16)6-13(17)18/h1-2,5,11H,3-4,6-8H2,(H,17,18). The van der Waals surface area contributed by atoms with Crippen LogP contribution >= 0.6 is 27.5 Å². The number of hydrogen-bond acceptors (Lipinski definition) is 4. The van der Waals surface area contributed by atoms with Crippen molar-refractivity contribution in [2.75, 3.05) is 18.1 Å². The van der Waals surface area contributed by atoms with Crippen molar-refractivity contribution in [3.8, 4) is 0 Å². The molecule has 1 N–H and O–H groups in total. The van der Waals surface area contributed by atoms with E-state index in [1.807, 2.05) is 11.0 Å². The maximum Gasteiger partial charge on any atom is 0.304 e. The van der Waals surface area contributed by atoms with Gasteiger partial charge in [0, 0.05) is 28.6 Å². The lowest BCUT2D eigenvalue weighted by molar-refractivity contribution is -0.138. The van der Waals surface area contributed by atoms with Crippen molar-refractivity contribution in [3.63, 3.8) is 0 Å². The number of halogens is 2. The van der Waals surface area contributed by atoms with E-state index in [9.17, 15) is 13.2 Å². The van der Waals surface area contributed by atoms with Crippen LogP contribution in [0.5, 0.6) is 0 Å². The summed E-state index contributed by atoms with van der Waals surface area (Å²) in [6.07, 6.45) is -0.183. The van der Waals surface area contributed by atoms with Gasteiger partial charge in [-0.05, 0) is 23.8 Å². The Labute approximate surface area is 136 Å². The van der Waals surface area contributed by atoms with Crippen LogP contribution in [0.1, 0.15) is 12.0 Å². The molecule has 2 rings (SSSR count). The summed E-state index contributed by atoms with van der Waals surface area (Å²) in [5.41, 5.74) is 0.914. The number of nitrogens with zero attached hydrogens (tertiary/aromatic N) is 1. The molecule has 1 unspecified atom stereocenters. The summed E-state index contributed by atoms with van der Waals surface area (Å²) in [4.78, 5) is 12.8. The zero-order chi connectivity index (χ0) is 15.6. The third-order valence-corrected chi connectivity index (χ3v) is 6.15. The summed E-state index contributed by atoms with van der Waals surface area (Å²) in [5, 5.41) is 9.56. The first-order valence-corrected chi connectivity index (χ1v) is 9.36. The Hall–Kier alpha value is -0.630. The Morgan fingerprint density at radius 1 is 1.48 bits per heavy atom. The molecule has 8 heteroatoms. The predicted octanol–water partition coefficient (Wildman–Crippen LogP) is 2.18. The molecule has 0 amide bonds. The average molecular weight is 397 g/mol. The fraction of sp³-hybridized carbons (Fsp3) is 0.462. The van der Waals surface area contributed by atoms with Crippen LogP contribution in [0.25, 0.3) is 0 Å². The molecule has 1 heterocycles. The van der Waals surface area contributed by atoms with E-state index in [2.05, 4.69) is 15.9 Å². The highest BCUT2D eigenvalue weighted by atomic mass is 79.9. The highest BCUT2D eigenvalue weighted by Crippen LogP contribution is 2.25. The molecule has 1 saturated heterocycles. The minimum absolute atomic E-state index is 0.0568. The van der Waals surface area contributed by atoms with Gasteiger partial charge in [-0.25, -0.2) is 8.42 Å². The van der Waals surface area contributed by atoms with E-state index in [0.717, 1.165) is 10.0 Å². The topological polar surface area (TPSA) is 74.7 Å². The first-order valence-electron chi connectivity index (χ1n) is 6.37. The van der Waals surface area contributed by atoms with Crippen molar-refractivity contribution >= 4 is 43.3 Å². The van der Waals surface area contributed by atoms with Gasteiger partial charge in [-0.15, -0.1) is 0 Å². The minimum Gasteiger partial charge on any atom is -0.481 e. The zero-order valence-electron chi connectivity index (χ0n) is 11.1. The Morgan fingerprint density at radius 2 is 2.19 bits per heavy atom. The summed E-state index contributed by atoms with van der Waals surface area (Å²) in [7, 11) is -3.16. The zero-order valence-corrected chi connectivity index (χ0v) is 14.3. The first-order chi connectivity index (χ1) is 9.77. The van der Waals surface area contributed by atoms with Crippen LogP contribution in [-0.4, -0.2) is 48.5 Å². The number of carboxylic acid groups (broad SMARTS) is 1. The van der Waals surface area contributed by atoms with Gasteiger partial charge in [0.2, 0.25) is 0 Å². The molecule has 0 aromatic heterocycles. The molecule has 0 spiro atoms. The molecule has 5 nitrogen and oxygen atoms in total. The number of carbonyl (C=O) groups is 1. The molecule has 0 bridgehead atoms. The fourth-order valence-corrected chi connectivity index (χ4v) is 4.56. The molecule has 1 aromatic rings. The first kappa shape index (κ1) is 16.7. The van der Waals surface area contributed by atoms with Crippen LogP contribution in [0.15, 0.2) is 22.7 Å². The lowest BCUT2D eigenvalue weighted by atomic mass is 10.1. The SMILES string of the molecule is O=C(O)CC1CS(=O)(=O)CCN1Cc1cc(Cl)ccc1Br. The predicted molar refractivity (Wildman–Crippen MR) is 84.3 cm³/mol. The Bertz CT molecular complexity index is 650. The van der Waals surface area contributed by atoms with E-state index in [0.29, 0.717) is 18.1 Å². The van der Waals surface area contributed by atoms with Crippen LogP contribution in [-0.2, 0) is 21.2 Å². The van der Waals surface area contributed by atoms with Crippen LogP contribution in [0.3, 0.4) is 0 Å². The van der Waals surface area contributed by atoms with Crippen molar-refractivity contribution < 1.29 is 18.3 Å². The monoisotopic (exact) mass is 395 g/mol. The average Bonchev–Trinajstić information content (AvgIpc) is 2.35. The number of sulfone groups is 1. The van der Waals surface area contributed by atoms with Gasteiger partial charge in [0.25, 0.3) is 0 Å². The quantitative estimate of drug-likeness (QED) is 0.844. The summed E-state index contributed by atoms with van der Waals surface area (Å²) in [5.74, 6) is -1.05. The van der Waals surface area contributed by atoms with Gasteiger partial charge in [-0.1, -0.05) is 27.5 Å². The molecule has 0 saturated carbocycles. The Morgan fingerprint density at radius 3 is 2.86 bits per heavy atom. The Balaban J connectivity index is 2.20. The van der Waals surface area contributed by atoms with Crippen LogP contribution in [0.4, 0.5) is 0 Å². The van der Waals surface area contributed by atoms with Crippen LogP contribution in [0.2, 0.25) is 5.02 Å². The van der Waals surface area contributed by atoms with Crippen molar-refractivity contribution in [2.24, 2.45) is 0 Å². The van der Waals surface area contributed by atoms with Gasteiger partial charge in [-0.3, -0.25) is 9.69 Å². The summed E-state index contributed by atoms with van der Waals surface area (Å²) < 4.78 is 24.3. The molecule has 0 aliphatic carbocycles. The maximum absolute atomic E-state index is 11.7. The largest absolute Gasteiger partial charge is 0.481 e. The normalized spacial score (nSPS) is 22.1. The van der Waals surface area contributed by atoms with E-state index in [4.69, 9.17) is 16.7 Å². The van der Waals surface area contributed by atoms with Crippen LogP contribution < -0.4 is 0 Å². The fourth-order valence-electron chi connectivity index (χ4n) is 2.40.